The van der Waals surface area contributed by atoms with Crippen LogP contribution in [0.4, 0.5) is 4.39 Å². The van der Waals surface area contributed by atoms with E-state index in [0.29, 0.717) is 12.8 Å². The fourth-order valence-electron chi connectivity index (χ4n) is 2.26. The van der Waals surface area contributed by atoms with Gasteiger partial charge in [-0.3, -0.25) is 19.9 Å². The Kier molecular flexibility index (Phi) is 5.32. The number of alkyl halides is 1. The van der Waals surface area contributed by atoms with Crippen LogP contribution in [0.3, 0.4) is 0 Å². The van der Waals surface area contributed by atoms with Crippen molar-refractivity contribution in [2.45, 2.75) is 51.0 Å². The van der Waals surface area contributed by atoms with Gasteiger partial charge < -0.3 is 0 Å². The molecule has 19 heavy (non-hydrogen) atoms. The van der Waals surface area contributed by atoms with Crippen molar-refractivity contribution in [3.8, 4) is 12.3 Å². The lowest BCUT2D eigenvalue weighted by Crippen LogP contribution is -2.49. The van der Waals surface area contributed by atoms with Gasteiger partial charge in [-0.05, 0) is 12.8 Å². The Labute approximate surface area is 114 Å². The SMILES string of the molecule is [C-]#[N+][C@@H]1C[C@H](F)CN1C(=O)CNC(C#C)(CC)CC. The van der Waals surface area contributed by atoms with E-state index in [4.69, 9.17) is 13.0 Å². The van der Waals surface area contributed by atoms with E-state index in [9.17, 15) is 9.18 Å². The maximum atomic E-state index is 13.3. The molecule has 0 unspecified atom stereocenters. The Hall–Kier alpha value is -1.59. The van der Waals surface area contributed by atoms with Crippen LogP contribution in [0.2, 0.25) is 0 Å². The molecule has 104 valence electrons. The number of carbonyl (C=O) groups is 1. The number of hydrogen-bond donors (Lipinski definition) is 1. The van der Waals surface area contributed by atoms with E-state index in [2.05, 4.69) is 16.1 Å². The molecule has 0 radical (unpaired) electrons. The summed E-state index contributed by atoms with van der Waals surface area (Å²) in [5.41, 5.74) is -0.502. The van der Waals surface area contributed by atoms with E-state index in [0.717, 1.165) is 0 Å². The van der Waals surface area contributed by atoms with Gasteiger partial charge in [-0.1, -0.05) is 19.8 Å². The molecule has 0 aromatic heterocycles. The molecule has 0 spiro atoms. The van der Waals surface area contributed by atoms with Crippen molar-refractivity contribution in [3.63, 3.8) is 0 Å². The minimum absolute atomic E-state index is 0.00879. The normalized spacial score (nSPS) is 22.9. The quantitative estimate of drug-likeness (QED) is 0.605. The van der Waals surface area contributed by atoms with Crippen molar-refractivity contribution in [2.75, 3.05) is 13.1 Å². The van der Waals surface area contributed by atoms with Crippen molar-refractivity contribution in [2.24, 2.45) is 0 Å². The molecule has 1 aliphatic heterocycles. The van der Waals surface area contributed by atoms with Gasteiger partial charge in [-0.15, -0.1) is 6.42 Å². The zero-order valence-electron chi connectivity index (χ0n) is 11.4. The maximum Gasteiger partial charge on any atom is 0.303 e. The fraction of sp³-hybridized carbons (Fsp3) is 0.714. The molecule has 0 aromatic rings. The van der Waals surface area contributed by atoms with Crippen molar-refractivity contribution in [1.82, 2.24) is 10.2 Å². The molecule has 1 aliphatic rings. The van der Waals surface area contributed by atoms with E-state index >= 15 is 0 Å². The first-order valence-corrected chi connectivity index (χ1v) is 6.54. The summed E-state index contributed by atoms with van der Waals surface area (Å²) >= 11 is 0. The summed E-state index contributed by atoms with van der Waals surface area (Å²) in [5, 5.41) is 3.07. The van der Waals surface area contributed by atoms with Gasteiger partial charge in [0.2, 0.25) is 5.91 Å². The molecule has 4 nitrogen and oxygen atoms in total. The van der Waals surface area contributed by atoms with Crippen molar-refractivity contribution in [3.05, 3.63) is 11.4 Å². The number of halogens is 1. The van der Waals surface area contributed by atoms with Crippen LogP contribution in [0.15, 0.2) is 0 Å². The first-order chi connectivity index (χ1) is 9.01. The lowest BCUT2D eigenvalue weighted by Gasteiger charge is -2.28. The van der Waals surface area contributed by atoms with E-state index in [-0.39, 0.29) is 25.4 Å². The Balaban J connectivity index is 2.61. The Bertz CT molecular complexity index is 406. The molecule has 5 heteroatoms. The van der Waals surface area contributed by atoms with Crippen LogP contribution in [0.1, 0.15) is 33.1 Å². The van der Waals surface area contributed by atoms with Gasteiger partial charge in [0.05, 0.1) is 25.0 Å². The second kappa shape index (κ2) is 6.54. The average Bonchev–Trinajstić information content (AvgIpc) is 2.82. The van der Waals surface area contributed by atoms with Crippen LogP contribution in [0.25, 0.3) is 4.85 Å². The van der Waals surface area contributed by atoms with Crippen LogP contribution < -0.4 is 5.32 Å². The minimum atomic E-state index is -1.10. The smallest absolute Gasteiger partial charge is 0.292 e. The Morgan fingerprint density at radius 2 is 2.26 bits per heavy atom. The zero-order chi connectivity index (χ0) is 14.5. The van der Waals surface area contributed by atoms with Crippen LogP contribution in [0.5, 0.6) is 0 Å². The zero-order valence-corrected chi connectivity index (χ0v) is 11.4. The van der Waals surface area contributed by atoms with Crippen LogP contribution in [0, 0.1) is 18.9 Å². The minimum Gasteiger partial charge on any atom is -0.292 e. The molecular formula is C14H20FN3O. The van der Waals surface area contributed by atoms with Gasteiger partial charge >= 0.3 is 6.17 Å². The molecule has 0 bridgehead atoms. The first-order valence-electron chi connectivity index (χ1n) is 6.54. The highest BCUT2D eigenvalue weighted by atomic mass is 19.1. The molecule has 0 saturated carbocycles. The standard InChI is InChI=1S/C14H20FN3O/c1-5-14(6-2,7-3)17-9-13(19)18-10-11(15)8-12(18)16-4/h1,11-12,17H,6-10H2,2-3H3/t11-,12-/m0/s1. The molecule has 1 saturated heterocycles. The van der Waals surface area contributed by atoms with E-state index in [1.54, 1.807) is 0 Å². The van der Waals surface area contributed by atoms with Gasteiger partial charge in [0.25, 0.3) is 0 Å². The van der Waals surface area contributed by atoms with Crippen LogP contribution in [-0.2, 0) is 4.79 Å². The van der Waals surface area contributed by atoms with E-state index in [1.807, 2.05) is 13.8 Å². The molecule has 1 rings (SSSR count). The number of carbonyl (C=O) groups excluding carboxylic acids is 1. The van der Waals surface area contributed by atoms with Gasteiger partial charge in [-0.2, -0.15) is 0 Å². The molecule has 2 atom stereocenters. The third-order valence-electron chi connectivity index (χ3n) is 3.75. The topological polar surface area (TPSA) is 36.7 Å². The molecule has 0 aromatic carbocycles. The summed E-state index contributed by atoms with van der Waals surface area (Å²) < 4.78 is 13.3. The van der Waals surface area contributed by atoms with Crippen molar-refractivity contribution in [1.29, 1.82) is 0 Å². The molecule has 1 heterocycles. The summed E-state index contributed by atoms with van der Waals surface area (Å²) in [7, 11) is 0. The summed E-state index contributed by atoms with van der Waals surface area (Å²) in [6, 6.07) is 0. The Morgan fingerprint density at radius 1 is 1.63 bits per heavy atom. The monoisotopic (exact) mass is 265 g/mol. The molecule has 1 fully saturated rings. The highest BCUT2D eigenvalue weighted by Crippen LogP contribution is 2.21. The second-order valence-electron chi connectivity index (χ2n) is 4.78. The number of rotatable bonds is 5. The number of terminal acetylenes is 1. The van der Waals surface area contributed by atoms with Gasteiger partial charge in [0, 0.05) is 0 Å². The van der Waals surface area contributed by atoms with E-state index in [1.165, 1.54) is 4.90 Å². The Morgan fingerprint density at radius 3 is 2.74 bits per heavy atom. The lowest BCUT2D eigenvalue weighted by atomic mass is 9.94. The molecular weight excluding hydrogens is 245 g/mol. The van der Waals surface area contributed by atoms with Gasteiger partial charge in [0.15, 0.2) is 0 Å². The highest BCUT2D eigenvalue weighted by Gasteiger charge is 2.39. The number of amides is 1. The van der Waals surface area contributed by atoms with E-state index < -0.39 is 17.9 Å². The number of likely N-dealkylation sites (tertiary alicyclic amines) is 1. The van der Waals surface area contributed by atoms with Gasteiger partial charge in [-0.25, -0.2) is 11.0 Å². The molecule has 1 amide bonds. The number of hydrogen-bond acceptors (Lipinski definition) is 2. The summed E-state index contributed by atoms with van der Waals surface area (Å²) in [6.45, 7) is 11.0. The highest BCUT2D eigenvalue weighted by molar-refractivity contribution is 5.79. The summed E-state index contributed by atoms with van der Waals surface area (Å²) in [6.07, 6.45) is 5.26. The predicted octanol–water partition coefficient (Wildman–Crippen LogP) is 1.58. The number of nitrogens with zero attached hydrogens (tertiary/aromatic N) is 2. The largest absolute Gasteiger partial charge is 0.303 e. The fourth-order valence-corrected chi connectivity index (χ4v) is 2.26. The predicted molar refractivity (Wildman–Crippen MR) is 71.8 cm³/mol. The van der Waals surface area contributed by atoms with Crippen LogP contribution >= 0.6 is 0 Å². The average molecular weight is 265 g/mol. The molecule has 0 aliphatic carbocycles. The third-order valence-corrected chi connectivity index (χ3v) is 3.75. The van der Waals surface area contributed by atoms with Crippen molar-refractivity contribution < 1.29 is 9.18 Å². The number of nitrogens with one attached hydrogen (secondary N) is 1. The summed E-state index contributed by atoms with van der Waals surface area (Å²) in [4.78, 5) is 16.6. The lowest BCUT2D eigenvalue weighted by molar-refractivity contribution is -0.130. The van der Waals surface area contributed by atoms with Crippen LogP contribution in [-0.4, -0.2) is 41.8 Å². The molecule has 1 N–H and O–H groups in total. The van der Waals surface area contributed by atoms with Crippen molar-refractivity contribution >= 4 is 5.91 Å². The van der Waals surface area contributed by atoms with Gasteiger partial charge in [0.1, 0.15) is 6.17 Å². The second-order valence-corrected chi connectivity index (χ2v) is 4.78. The third kappa shape index (κ3) is 3.45. The maximum absolute atomic E-state index is 13.3. The summed E-state index contributed by atoms with van der Waals surface area (Å²) in [5.74, 6) is 2.42. The first kappa shape index (κ1) is 15.5.